The van der Waals surface area contributed by atoms with Crippen LogP contribution in [-0.4, -0.2) is 30.7 Å². The van der Waals surface area contributed by atoms with Gasteiger partial charge in [0.1, 0.15) is 5.78 Å². The zero-order valence-electron chi connectivity index (χ0n) is 11.9. The van der Waals surface area contributed by atoms with Crippen molar-refractivity contribution in [3.05, 3.63) is 28.3 Å². The van der Waals surface area contributed by atoms with Gasteiger partial charge in [0.05, 0.1) is 10.9 Å². The first-order valence-corrected chi connectivity index (χ1v) is 8.17. The molecule has 122 valence electrons. The summed E-state index contributed by atoms with van der Waals surface area (Å²) in [5.74, 6) is -0.947. The molecule has 0 saturated heterocycles. The van der Waals surface area contributed by atoms with E-state index in [9.17, 15) is 18.0 Å². The van der Waals surface area contributed by atoms with Crippen molar-refractivity contribution in [2.45, 2.75) is 37.1 Å². The Morgan fingerprint density at radius 3 is 2.45 bits per heavy atom. The number of halogens is 1. The van der Waals surface area contributed by atoms with E-state index in [4.69, 9.17) is 27.6 Å². The predicted octanol–water partition coefficient (Wildman–Crippen LogP) is 0.600. The van der Waals surface area contributed by atoms with E-state index in [1.807, 2.05) is 0 Å². The van der Waals surface area contributed by atoms with Gasteiger partial charge in [0, 0.05) is 17.9 Å². The zero-order chi connectivity index (χ0) is 17.1. The molecular weight excluding hydrogens is 332 g/mol. The van der Waals surface area contributed by atoms with E-state index in [0.717, 1.165) is 0 Å². The van der Waals surface area contributed by atoms with Crippen LogP contribution in [0, 0.1) is 6.92 Å². The molecule has 0 unspecified atom stereocenters. The van der Waals surface area contributed by atoms with Gasteiger partial charge in [0.2, 0.25) is 5.91 Å². The van der Waals surface area contributed by atoms with Crippen molar-refractivity contribution in [3.63, 3.8) is 0 Å². The SMILES string of the molecule is Cc1c(Cl)cc(CC(=O)CC[C@H](N)C(N)=O)cc1S(=O)(=O)O. The van der Waals surface area contributed by atoms with E-state index < -0.39 is 22.1 Å². The average molecular weight is 349 g/mol. The monoisotopic (exact) mass is 348 g/mol. The van der Waals surface area contributed by atoms with Crippen LogP contribution < -0.4 is 11.5 Å². The Morgan fingerprint density at radius 1 is 1.36 bits per heavy atom. The quantitative estimate of drug-likeness (QED) is 0.616. The number of amides is 1. The lowest BCUT2D eigenvalue weighted by atomic mass is 10.0. The lowest BCUT2D eigenvalue weighted by Gasteiger charge is -2.09. The Balaban J connectivity index is 2.89. The minimum atomic E-state index is -4.43. The van der Waals surface area contributed by atoms with Crippen molar-refractivity contribution < 1.29 is 22.6 Å². The molecule has 1 rings (SSSR count). The van der Waals surface area contributed by atoms with E-state index in [-0.39, 0.29) is 40.5 Å². The van der Waals surface area contributed by atoms with E-state index in [2.05, 4.69) is 0 Å². The highest BCUT2D eigenvalue weighted by molar-refractivity contribution is 7.85. The molecular formula is C13H17ClN2O5S. The molecule has 0 heterocycles. The number of carbonyl (C=O) groups excluding carboxylic acids is 2. The van der Waals surface area contributed by atoms with Gasteiger partial charge in [-0.2, -0.15) is 8.42 Å². The summed E-state index contributed by atoms with van der Waals surface area (Å²) in [6.45, 7) is 1.45. The van der Waals surface area contributed by atoms with Crippen LogP contribution in [0.25, 0.3) is 0 Å². The highest BCUT2D eigenvalue weighted by atomic mass is 35.5. The molecule has 9 heteroatoms. The summed E-state index contributed by atoms with van der Waals surface area (Å²) in [5, 5.41) is 0.131. The minimum absolute atomic E-state index is 0.0246. The fourth-order valence-electron chi connectivity index (χ4n) is 1.85. The third-order valence-electron chi connectivity index (χ3n) is 3.14. The summed E-state index contributed by atoms with van der Waals surface area (Å²) in [6.07, 6.45) is 0.0454. The van der Waals surface area contributed by atoms with Gasteiger partial charge < -0.3 is 11.5 Å². The predicted molar refractivity (Wildman–Crippen MR) is 81.1 cm³/mol. The Morgan fingerprint density at radius 2 is 1.95 bits per heavy atom. The highest BCUT2D eigenvalue weighted by Gasteiger charge is 2.18. The molecule has 22 heavy (non-hydrogen) atoms. The molecule has 0 aliphatic carbocycles. The van der Waals surface area contributed by atoms with Crippen LogP contribution in [-0.2, 0) is 26.1 Å². The van der Waals surface area contributed by atoms with E-state index in [0.29, 0.717) is 5.56 Å². The second-order valence-corrected chi connectivity index (χ2v) is 6.74. The standard InChI is InChI=1S/C13H17ClN2O5S/c1-7-10(14)5-8(6-12(7)22(19,20)21)4-9(17)2-3-11(15)13(16)18/h5-6,11H,2-4,15H2,1H3,(H2,16,18)(H,19,20,21)/t11-/m0/s1. The van der Waals surface area contributed by atoms with Crippen LogP contribution in [0.4, 0.5) is 0 Å². The van der Waals surface area contributed by atoms with E-state index in [1.165, 1.54) is 19.1 Å². The van der Waals surface area contributed by atoms with Crippen LogP contribution in [0.1, 0.15) is 24.0 Å². The maximum absolute atomic E-state index is 11.8. The number of hydrogen-bond acceptors (Lipinski definition) is 5. The Labute approximate surface area is 133 Å². The van der Waals surface area contributed by atoms with Gasteiger partial charge >= 0.3 is 0 Å². The molecule has 0 saturated carbocycles. The number of primary amides is 1. The number of benzene rings is 1. The average Bonchev–Trinajstić information content (AvgIpc) is 2.38. The van der Waals surface area contributed by atoms with Crippen LogP contribution in [0.5, 0.6) is 0 Å². The molecule has 0 bridgehead atoms. The first-order valence-electron chi connectivity index (χ1n) is 6.35. The van der Waals surface area contributed by atoms with Crippen LogP contribution >= 0.6 is 11.6 Å². The molecule has 7 nitrogen and oxygen atoms in total. The Kier molecular flexibility index (Phi) is 6.07. The third kappa shape index (κ3) is 5.06. The summed E-state index contributed by atoms with van der Waals surface area (Å²) in [7, 11) is -4.43. The largest absolute Gasteiger partial charge is 0.368 e. The zero-order valence-corrected chi connectivity index (χ0v) is 13.4. The van der Waals surface area contributed by atoms with E-state index >= 15 is 0 Å². The van der Waals surface area contributed by atoms with Gasteiger partial charge in [0.25, 0.3) is 10.1 Å². The molecule has 0 aliphatic heterocycles. The minimum Gasteiger partial charge on any atom is -0.368 e. The number of ketones is 1. The molecule has 1 amide bonds. The number of hydrogen-bond donors (Lipinski definition) is 3. The second kappa shape index (κ2) is 7.19. The summed E-state index contributed by atoms with van der Waals surface area (Å²) in [6, 6.07) is 1.75. The lowest BCUT2D eigenvalue weighted by molar-refractivity contribution is -0.120. The van der Waals surface area contributed by atoms with Crippen molar-refractivity contribution in [2.24, 2.45) is 11.5 Å². The maximum Gasteiger partial charge on any atom is 0.294 e. The van der Waals surface area contributed by atoms with Gasteiger partial charge in [-0.3, -0.25) is 14.1 Å². The first-order chi connectivity index (χ1) is 10.0. The van der Waals surface area contributed by atoms with Crippen LogP contribution in [0.2, 0.25) is 5.02 Å². The molecule has 5 N–H and O–H groups in total. The molecule has 1 aromatic rings. The normalized spacial score (nSPS) is 12.9. The molecule has 1 aromatic carbocycles. The number of nitrogens with two attached hydrogens (primary N) is 2. The van der Waals surface area contributed by atoms with Gasteiger partial charge in [-0.15, -0.1) is 0 Å². The maximum atomic E-state index is 11.8. The summed E-state index contributed by atoms with van der Waals surface area (Å²) >= 11 is 5.91. The number of Topliss-reactive ketones (excluding diaryl/α,β-unsaturated/α-hetero) is 1. The van der Waals surface area contributed by atoms with E-state index in [1.54, 1.807) is 0 Å². The van der Waals surface area contributed by atoms with Gasteiger partial charge in [0.15, 0.2) is 0 Å². The fourth-order valence-corrected chi connectivity index (χ4v) is 2.95. The molecule has 1 atom stereocenters. The first kappa shape index (κ1) is 18.6. The summed E-state index contributed by atoms with van der Waals surface area (Å²) < 4.78 is 31.7. The Hall–Kier alpha value is -1.48. The summed E-state index contributed by atoms with van der Waals surface area (Å²) in [5.41, 5.74) is 11.0. The molecule has 0 aromatic heterocycles. The molecule has 0 aliphatic rings. The summed E-state index contributed by atoms with van der Waals surface area (Å²) in [4.78, 5) is 22.3. The number of rotatable bonds is 7. The fraction of sp³-hybridized carbons (Fsp3) is 0.385. The number of carbonyl (C=O) groups is 2. The van der Waals surface area contributed by atoms with Crippen molar-refractivity contribution in [2.75, 3.05) is 0 Å². The lowest BCUT2D eigenvalue weighted by Crippen LogP contribution is -2.36. The van der Waals surface area contributed by atoms with Crippen molar-refractivity contribution in [1.82, 2.24) is 0 Å². The van der Waals surface area contributed by atoms with Crippen molar-refractivity contribution >= 4 is 33.4 Å². The van der Waals surface area contributed by atoms with Crippen molar-refractivity contribution in [1.29, 1.82) is 0 Å². The van der Waals surface area contributed by atoms with Gasteiger partial charge in [-0.25, -0.2) is 0 Å². The molecule has 0 spiro atoms. The molecule has 0 radical (unpaired) electrons. The third-order valence-corrected chi connectivity index (χ3v) is 4.51. The topological polar surface area (TPSA) is 141 Å². The smallest absolute Gasteiger partial charge is 0.294 e. The molecule has 0 fully saturated rings. The van der Waals surface area contributed by atoms with Crippen LogP contribution in [0.15, 0.2) is 17.0 Å². The van der Waals surface area contributed by atoms with Gasteiger partial charge in [-0.1, -0.05) is 11.6 Å². The van der Waals surface area contributed by atoms with Crippen molar-refractivity contribution in [3.8, 4) is 0 Å². The van der Waals surface area contributed by atoms with Crippen LogP contribution in [0.3, 0.4) is 0 Å². The second-order valence-electron chi connectivity index (χ2n) is 4.94. The van der Waals surface area contributed by atoms with Gasteiger partial charge in [-0.05, 0) is 36.6 Å². The highest BCUT2D eigenvalue weighted by Crippen LogP contribution is 2.25. The Bertz CT molecular complexity index is 703.